The van der Waals surface area contributed by atoms with Gasteiger partial charge in [0.1, 0.15) is 5.56 Å². The van der Waals surface area contributed by atoms with E-state index in [2.05, 4.69) is 25.9 Å². The van der Waals surface area contributed by atoms with E-state index in [4.69, 9.17) is 0 Å². The Morgan fingerprint density at radius 3 is 2.88 bits per heavy atom. The minimum atomic E-state index is -1.30. The quantitative estimate of drug-likeness (QED) is 0.875. The van der Waals surface area contributed by atoms with Gasteiger partial charge in [-0.25, -0.2) is 9.74 Å². The van der Waals surface area contributed by atoms with Crippen molar-refractivity contribution >= 4 is 32.8 Å². The molecule has 0 radical (unpaired) electrons. The Bertz CT molecular complexity index is 623. The van der Waals surface area contributed by atoms with E-state index in [9.17, 15) is 14.1 Å². The largest absolute Gasteiger partial charge is 0.384 e. The normalized spacial score (nSPS) is 10.4. The molecule has 6 heteroatoms. The highest BCUT2D eigenvalue weighted by Gasteiger charge is 2.15. The van der Waals surface area contributed by atoms with Crippen LogP contribution >= 0.6 is 15.9 Å². The van der Waals surface area contributed by atoms with Crippen molar-refractivity contribution in [3.05, 3.63) is 44.7 Å². The van der Waals surface area contributed by atoms with Gasteiger partial charge < -0.3 is 4.98 Å². The smallest absolute Gasteiger partial charge is 0.359 e. The predicted octanol–water partition coefficient (Wildman–Crippen LogP) is 2.33. The van der Waals surface area contributed by atoms with E-state index in [0.29, 0.717) is 9.99 Å². The van der Waals surface area contributed by atoms with Gasteiger partial charge in [-0.2, -0.15) is 0 Å². The van der Waals surface area contributed by atoms with Gasteiger partial charge in [-0.3, -0.25) is 4.79 Å². The van der Waals surface area contributed by atoms with E-state index in [1.54, 1.807) is 12.1 Å². The number of aromatic amines is 1. The van der Waals surface area contributed by atoms with Gasteiger partial charge >= 0.3 is 5.97 Å². The Hall–Kier alpha value is -1.69. The molecule has 82 valence electrons. The average molecular weight is 286 g/mol. The number of carbonyl (C=O) groups is 1. The van der Waals surface area contributed by atoms with Crippen LogP contribution in [0.4, 0.5) is 4.53 Å². The molecule has 1 N–H and O–H groups in total. The molecule has 4 nitrogen and oxygen atoms in total. The van der Waals surface area contributed by atoms with Gasteiger partial charge in [-0.05, 0) is 28.1 Å². The first-order valence-corrected chi connectivity index (χ1v) is 5.07. The van der Waals surface area contributed by atoms with Crippen LogP contribution in [0.25, 0.3) is 10.9 Å². The van der Waals surface area contributed by atoms with Crippen LogP contribution in [0.5, 0.6) is 0 Å². The highest BCUT2D eigenvalue weighted by molar-refractivity contribution is 9.10. The first kappa shape index (κ1) is 10.8. The second kappa shape index (κ2) is 4.05. The fourth-order valence-electron chi connectivity index (χ4n) is 1.41. The van der Waals surface area contributed by atoms with Crippen molar-refractivity contribution in [2.75, 3.05) is 0 Å². The summed E-state index contributed by atoms with van der Waals surface area (Å²) in [6, 6.07) is 4.92. The Morgan fingerprint density at radius 1 is 1.44 bits per heavy atom. The van der Waals surface area contributed by atoms with Gasteiger partial charge in [-0.15, -0.1) is 0 Å². The Morgan fingerprint density at radius 2 is 2.19 bits per heavy atom. The zero-order valence-corrected chi connectivity index (χ0v) is 9.38. The van der Waals surface area contributed by atoms with Crippen LogP contribution in [-0.4, -0.2) is 11.0 Å². The minimum absolute atomic E-state index is 0.289. The molecule has 1 aromatic heterocycles. The molecule has 2 rings (SSSR count). The van der Waals surface area contributed by atoms with Gasteiger partial charge in [0.25, 0.3) is 0 Å². The molecule has 0 saturated heterocycles. The number of rotatable bonds is 1. The summed E-state index contributed by atoms with van der Waals surface area (Å²) in [5, 5.41) is 0.289. The Kier molecular flexibility index (Phi) is 2.74. The molecule has 2 aromatic rings. The third-order valence-electron chi connectivity index (χ3n) is 2.15. The number of carbonyl (C=O) groups excluding carboxylic acids is 1. The predicted molar refractivity (Wildman–Crippen MR) is 58.8 cm³/mol. The van der Waals surface area contributed by atoms with Gasteiger partial charge in [0.15, 0.2) is 0 Å². The number of fused-ring (bicyclic) bond motifs is 1. The zero-order valence-electron chi connectivity index (χ0n) is 7.79. The van der Waals surface area contributed by atoms with Gasteiger partial charge in [0, 0.05) is 20.6 Å². The maximum absolute atomic E-state index is 11.8. The van der Waals surface area contributed by atoms with E-state index in [1.165, 1.54) is 6.07 Å². The van der Waals surface area contributed by atoms with Gasteiger partial charge in [0.05, 0.1) is 5.52 Å². The molecule has 0 aliphatic heterocycles. The van der Waals surface area contributed by atoms with Crippen molar-refractivity contribution in [3.8, 4) is 0 Å². The standard InChI is InChI=1S/C10H5BrFNO3/c11-7-3-1-2-5-8(7)13-4-6(9(5)14)10(15)16-12/h1-4H,(H,13,14). The summed E-state index contributed by atoms with van der Waals surface area (Å²) in [5.74, 6) is -1.30. The number of pyridine rings is 1. The Balaban J connectivity index is 2.81. The molecule has 0 amide bonds. The fraction of sp³-hybridized carbons (Fsp3) is 0. The molecule has 16 heavy (non-hydrogen) atoms. The first-order valence-electron chi connectivity index (χ1n) is 4.28. The van der Waals surface area contributed by atoms with Gasteiger partial charge in [-0.1, -0.05) is 6.07 Å². The molecule has 1 heterocycles. The lowest BCUT2D eigenvalue weighted by molar-refractivity contribution is -0.0789. The minimum Gasteiger partial charge on any atom is -0.359 e. The molecule has 0 unspecified atom stereocenters. The molecule has 0 bridgehead atoms. The number of hydrogen-bond acceptors (Lipinski definition) is 3. The van der Waals surface area contributed by atoms with Crippen molar-refractivity contribution in [2.45, 2.75) is 0 Å². The lowest BCUT2D eigenvalue weighted by Crippen LogP contribution is -2.16. The van der Waals surface area contributed by atoms with E-state index < -0.39 is 11.4 Å². The summed E-state index contributed by atoms with van der Waals surface area (Å²) in [5.41, 5.74) is -0.395. The summed E-state index contributed by atoms with van der Waals surface area (Å²) in [6.07, 6.45) is 1.12. The van der Waals surface area contributed by atoms with Crippen molar-refractivity contribution in [1.29, 1.82) is 0 Å². The number of halogens is 2. The summed E-state index contributed by atoms with van der Waals surface area (Å²) in [6.45, 7) is 0. The number of para-hydroxylation sites is 1. The summed E-state index contributed by atoms with van der Waals surface area (Å²) in [4.78, 5) is 28.5. The lowest BCUT2D eigenvalue weighted by Gasteiger charge is -2.01. The second-order valence-corrected chi connectivity index (χ2v) is 3.91. The van der Waals surface area contributed by atoms with Gasteiger partial charge in [0.2, 0.25) is 5.43 Å². The summed E-state index contributed by atoms with van der Waals surface area (Å²) in [7, 11) is 0. The van der Waals surface area contributed by atoms with Crippen LogP contribution in [0.3, 0.4) is 0 Å². The maximum Gasteiger partial charge on any atom is 0.384 e. The van der Waals surface area contributed by atoms with Crippen LogP contribution in [0.2, 0.25) is 0 Å². The number of hydrogen-bond donors (Lipinski definition) is 1. The lowest BCUT2D eigenvalue weighted by atomic mass is 10.1. The molecule has 0 aliphatic rings. The highest BCUT2D eigenvalue weighted by atomic mass is 79.9. The molecule has 0 fully saturated rings. The van der Waals surface area contributed by atoms with Crippen LogP contribution in [0.1, 0.15) is 10.4 Å². The first-order chi connectivity index (χ1) is 7.65. The SMILES string of the molecule is O=C(OF)c1c[nH]c2c(Br)cccc2c1=O. The highest BCUT2D eigenvalue weighted by Crippen LogP contribution is 2.19. The van der Waals surface area contributed by atoms with Crippen LogP contribution in [0, 0.1) is 0 Å². The summed E-state index contributed by atoms with van der Waals surface area (Å²) < 4.78 is 12.4. The summed E-state index contributed by atoms with van der Waals surface area (Å²) >= 11 is 3.25. The van der Waals surface area contributed by atoms with Crippen molar-refractivity contribution in [1.82, 2.24) is 4.98 Å². The maximum atomic E-state index is 11.8. The fourth-order valence-corrected chi connectivity index (χ4v) is 1.89. The van der Waals surface area contributed by atoms with E-state index in [1.807, 2.05) is 0 Å². The Labute approximate surface area is 97.1 Å². The number of aromatic nitrogens is 1. The molecular formula is C10H5BrFNO3. The molecule has 0 aliphatic carbocycles. The molecular weight excluding hydrogens is 281 g/mol. The van der Waals surface area contributed by atoms with E-state index in [0.717, 1.165) is 6.20 Å². The topological polar surface area (TPSA) is 59.2 Å². The average Bonchev–Trinajstić information content (AvgIpc) is 2.30. The van der Waals surface area contributed by atoms with E-state index in [-0.39, 0.29) is 10.9 Å². The van der Waals surface area contributed by atoms with Crippen LogP contribution in [0.15, 0.2) is 33.7 Å². The number of nitrogens with one attached hydrogen (secondary N) is 1. The second-order valence-electron chi connectivity index (χ2n) is 3.06. The molecule has 1 aromatic carbocycles. The van der Waals surface area contributed by atoms with Crippen molar-refractivity contribution in [3.63, 3.8) is 0 Å². The van der Waals surface area contributed by atoms with Crippen LogP contribution < -0.4 is 5.43 Å². The number of benzene rings is 1. The monoisotopic (exact) mass is 285 g/mol. The molecule has 0 atom stereocenters. The molecule has 0 saturated carbocycles. The van der Waals surface area contributed by atoms with Crippen LogP contribution in [-0.2, 0) is 4.94 Å². The zero-order chi connectivity index (χ0) is 11.7. The third kappa shape index (κ3) is 1.61. The van der Waals surface area contributed by atoms with E-state index >= 15 is 0 Å². The third-order valence-corrected chi connectivity index (χ3v) is 2.81. The van der Waals surface area contributed by atoms with Crippen molar-refractivity contribution in [2.24, 2.45) is 0 Å². The molecule has 0 spiro atoms. The van der Waals surface area contributed by atoms with Crippen molar-refractivity contribution < 1.29 is 14.3 Å². The number of H-pyrrole nitrogens is 1.